The molecule has 128 valence electrons. The van der Waals surface area contributed by atoms with E-state index in [1.54, 1.807) is 11.3 Å². The summed E-state index contributed by atoms with van der Waals surface area (Å²) in [4.78, 5) is 15.0. The highest BCUT2D eigenvalue weighted by atomic mass is 32.1. The smallest absolute Gasteiger partial charge is 0.166 e. The third-order valence-electron chi connectivity index (χ3n) is 4.72. The maximum Gasteiger partial charge on any atom is 0.166 e. The standard InChI is InChI=1S/C17H19N7S/c1-10-7-23-8-13(20-11(2)15(23)19-10)16-21-14-9-24(22-17(14)25-16)12-3-5-18-6-4-12/h7-9,12,18H,3-6H2,1-2H3. The molecule has 5 heterocycles. The lowest BCUT2D eigenvalue weighted by molar-refractivity contribution is 0.345. The fraction of sp³-hybridized carbons (Fsp3) is 0.412. The van der Waals surface area contributed by atoms with Crippen molar-refractivity contribution in [1.82, 2.24) is 34.4 Å². The Labute approximate surface area is 148 Å². The quantitative estimate of drug-likeness (QED) is 0.600. The Morgan fingerprint density at radius 3 is 2.72 bits per heavy atom. The highest BCUT2D eigenvalue weighted by Gasteiger charge is 2.19. The van der Waals surface area contributed by atoms with Crippen molar-refractivity contribution in [2.45, 2.75) is 32.7 Å². The predicted molar refractivity (Wildman–Crippen MR) is 98.0 cm³/mol. The Balaban J connectivity index is 1.53. The lowest BCUT2D eigenvalue weighted by Gasteiger charge is -2.22. The van der Waals surface area contributed by atoms with Crippen molar-refractivity contribution in [3.8, 4) is 10.7 Å². The molecule has 4 aromatic rings. The van der Waals surface area contributed by atoms with Crippen LogP contribution in [0.5, 0.6) is 0 Å². The van der Waals surface area contributed by atoms with Crippen LogP contribution in [-0.4, -0.2) is 42.2 Å². The zero-order valence-electron chi connectivity index (χ0n) is 14.2. The molecule has 1 aliphatic rings. The number of hydrogen-bond acceptors (Lipinski definition) is 6. The summed E-state index contributed by atoms with van der Waals surface area (Å²) in [6.07, 6.45) is 8.35. The second kappa shape index (κ2) is 5.60. The molecule has 1 aliphatic heterocycles. The van der Waals surface area contributed by atoms with Crippen LogP contribution in [0.4, 0.5) is 0 Å². The molecular weight excluding hydrogens is 334 g/mol. The van der Waals surface area contributed by atoms with Gasteiger partial charge >= 0.3 is 0 Å². The maximum absolute atomic E-state index is 4.78. The second-order valence-corrected chi connectivity index (χ2v) is 7.60. The Bertz CT molecular complexity index is 1040. The molecule has 1 fully saturated rings. The molecule has 0 unspecified atom stereocenters. The number of hydrogen-bond donors (Lipinski definition) is 1. The molecular formula is C17H19N7S. The van der Waals surface area contributed by atoms with Crippen LogP contribution in [0.25, 0.3) is 26.7 Å². The van der Waals surface area contributed by atoms with Gasteiger partial charge in [0.05, 0.1) is 23.6 Å². The van der Waals surface area contributed by atoms with Crippen LogP contribution >= 0.6 is 11.3 Å². The number of fused-ring (bicyclic) bond motifs is 2. The summed E-state index contributed by atoms with van der Waals surface area (Å²) in [7, 11) is 0. The Kier molecular flexibility index (Phi) is 3.36. The van der Waals surface area contributed by atoms with Crippen LogP contribution in [0.15, 0.2) is 18.6 Å². The zero-order valence-corrected chi connectivity index (χ0v) is 15.0. The van der Waals surface area contributed by atoms with Gasteiger partial charge in [-0.2, -0.15) is 5.10 Å². The van der Waals surface area contributed by atoms with Crippen LogP contribution < -0.4 is 5.32 Å². The van der Waals surface area contributed by atoms with E-state index in [0.717, 1.165) is 64.0 Å². The van der Waals surface area contributed by atoms with Gasteiger partial charge in [-0.15, -0.1) is 0 Å². The predicted octanol–water partition coefficient (Wildman–Crippen LogP) is 2.74. The summed E-state index contributed by atoms with van der Waals surface area (Å²) in [6, 6.07) is 0.483. The fourth-order valence-corrected chi connectivity index (χ4v) is 4.35. The van der Waals surface area contributed by atoms with Gasteiger partial charge in [-0.1, -0.05) is 11.3 Å². The highest BCUT2D eigenvalue weighted by molar-refractivity contribution is 7.21. The number of aryl methyl sites for hydroxylation is 2. The minimum absolute atomic E-state index is 0.483. The molecule has 8 heteroatoms. The van der Waals surface area contributed by atoms with Crippen molar-refractivity contribution in [2.24, 2.45) is 0 Å². The molecule has 0 radical (unpaired) electrons. The Morgan fingerprint density at radius 2 is 1.92 bits per heavy atom. The van der Waals surface area contributed by atoms with Gasteiger partial charge in [0.2, 0.25) is 0 Å². The molecule has 0 aliphatic carbocycles. The molecule has 0 saturated carbocycles. The first kappa shape index (κ1) is 15.0. The maximum atomic E-state index is 4.78. The molecule has 1 saturated heterocycles. The molecule has 0 atom stereocenters. The van der Waals surface area contributed by atoms with Crippen molar-refractivity contribution in [3.05, 3.63) is 30.0 Å². The van der Waals surface area contributed by atoms with Gasteiger partial charge in [0.1, 0.15) is 16.2 Å². The second-order valence-electron chi connectivity index (χ2n) is 6.62. The molecule has 0 spiro atoms. The SMILES string of the molecule is Cc1cn2cc(-c3nc4cn(C5CCNCC5)nc4s3)nc(C)c2n1. The number of aromatic nitrogens is 6. The van der Waals surface area contributed by atoms with E-state index in [4.69, 9.17) is 15.1 Å². The molecule has 0 amide bonds. The van der Waals surface area contributed by atoms with Gasteiger partial charge in [-0.25, -0.2) is 15.0 Å². The van der Waals surface area contributed by atoms with Crippen LogP contribution in [0.1, 0.15) is 30.3 Å². The summed E-state index contributed by atoms with van der Waals surface area (Å²) < 4.78 is 4.13. The van der Waals surface area contributed by atoms with Crippen molar-refractivity contribution >= 4 is 27.3 Å². The van der Waals surface area contributed by atoms with Gasteiger partial charge in [0.15, 0.2) is 10.5 Å². The topological polar surface area (TPSA) is 72.9 Å². The van der Waals surface area contributed by atoms with E-state index in [9.17, 15) is 0 Å². The van der Waals surface area contributed by atoms with Gasteiger partial charge < -0.3 is 9.72 Å². The Morgan fingerprint density at radius 1 is 1.08 bits per heavy atom. The van der Waals surface area contributed by atoms with Gasteiger partial charge in [0, 0.05) is 12.4 Å². The third kappa shape index (κ3) is 2.52. The minimum Gasteiger partial charge on any atom is -0.317 e. The van der Waals surface area contributed by atoms with E-state index >= 15 is 0 Å². The van der Waals surface area contributed by atoms with Crippen molar-refractivity contribution < 1.29 is 0 Å². The van der Waals surface area contributed by atoms with E-state index in [2.05, 4.69) is 21.2 Å². The lowest BCUT2D eigenvalue weighted by Crippen LogP contribution is -2.29. The van der Waals surface area contributed by atoms with Gasteiger partial charge in [-0.3, -0.25) is 4.68 Å². The van der Waals surface area contributed by atoms with Crippen LogP contribution in [0.2, 0.25) is 0 Å². The first-order valence-electron chi connectivity index (χ1n) is 8.57. The van der Waals surface area contributed by atoms with Gasteiger partial charge in [-0.05, 0) is 39.8 Å². The molecule has 7 nitrogen and oxygen atoms in total. The monoisotopic (exact) mass is 353 g/mol. The van der Waals surface area contributed by atoms with E-state index in [1.807, 2.05) is 30.6 Å². The van der Waals surface area contributed by atoms with E-state index < -0.39 is 0 Å². The number of nitrogens with zero attached hydrogens (tertiary/aromatic N) is 6. The average Bonchev–Trinajstić information content (AvgIpc) is 3.27. The highest BCUT2D eigenvalue weighted by Crippen LogP contribution is 2.30. The first-order chi connectivity index (χ1) is 12.2. The molecule has 4 aromatic heterocycles. The van der Waals surface area contributed by atoms with E-state index in [1.165, 1.54) is 0 Å². The number of rotatable bonds is 2. The third-order valence-corrected chi connectivity index (χ3v) is 5.70. The van der Waals surface area contributed by atoms with Crippen molar-refractivity contribution in [3.63, 3.8) is 0 Å². The molecule has 5 rings (SSSR count). The molecule has 1 N–H and O–H groups in total. The molecule has 25 heavy (non-hydrogen) atoms. The van der Waals surface area contributed by atoms with Crippen LogP contribution in [-0.2, 0) is 0 Å². The summed E-state index contributed by atoms with van der Waals surface area (Å²) in [5, 5.41) is 9.07. The zero-order chi connectivity index (χ0) is 17.0. The summed E-state index contributed by atoms with van der Waals surface area (Å²) >= 11 is 1.60. The summed E-state index contributed by atoms with van der Waals surface area (Å²) in [5.41, 5.74) is 4.64. The molecule has 0 bridgehead atoms. The van der Waals surface area contributed by atoms with Crippen molar-refractivity contribution in [1.29, 1.82) is 0 Å². The summed E-state index contributed by atoms with van der Waals surface area (Å²) in [6.45, 7) is 6.10. The van der Waals surface area contributed by atoms with Gasteiger partial charge in [0.25, 0.3) is 0 Å². The number of nitrogens with one attached hydrogen (secondary N) is 1. The first-order valence-corrected chi connectivity index (χ1v) is 9.39. The van der Waals surface area contributed by atoms with Crippen molar-refractivity contribution in [2.75, 3.05) is 13.1 Å². The minimum atomic E-state index is 0.483. The average molecular weight is 353 g/mol. The van der Waals surface area contributed by atoms with E-state index in [0.29, 0.717) is 6.04 Å². The fourth-order valence-electron chi connectivity index (χ4n) is 3.48. The number of imidazole rings is 1. The normalized spacial score (nSPS) is 16.2. The Hall–Kier alpha value is -2.32. The van der Waals surface area contributed by atoms with E-state index in [-0.39, 0.29) is 0 Å². The largest absolute Gasteiger partial charge is 0.317 e. The number of piperidine rings is 1. The number of thiazole rings is 1. The lowest BCUT2D eigenvalue weighted by atomic mass is 10.1. The molecule has 0 aromatic carbocycles. The summed E-state index contributed by atoms with van der Waals surface area (Å²) in [5.74, 6) is 0. The van der Waals surface area contributed by atoms with Crippen LogP contribution in [0, 0.1) is 13.8 Å². The van der Waals surface area contributed by atoms with Crippen LogP contribution in [0.3, 0.4) is 0 Å².